The number of nitrogens with one attached hydrogen (secondary N) is 1. The number of benzene rings is 1. The predicted molar refractivity (Wildman–Crippen MR) is 61.8 cm³/mol. The van der Waals surface area contributed by atoms with Gasteiger partial charge >= 0.3 is 0 Å². The number of hydrogen-bond acceptors (Lipinski definition) is 2. The van der Waals surface area contributed by atoms with Gasteiger partial charge in [-0.3, -0.25) is 9.69 Å². The molecule has 16 heavy (non-hydrogen) atoms. The molecule has 3 rings (SSSR count). The molecule has 0 saturated carbocycles. The first-order chi connectivity index (χ1) is 7.84. The predicted octanol–water partition coefficient (Wildman–Crippen LogP) is 1.15. The van der Waals surface area contributed by atoms with Crippen molar-refractivity contribution in [3.05, 3.63) is 35.9 Å². The molecule has 2 aliphatic heterocycles. The molecule has 1 amide bonds. The van der Waals surface area contributed by atoms with Gasteiger partial charge in [-0.2, -0.15) is 0 Å². The van der Waals surface area contributed by atoms with Gasteiger partial charge in [-0.05, 0) is 18.4 Å². The van der Waals surface area contributed by atoms with E-state index in [2.05, 4.69) is 34.5 Å². The Hall–Kier alpha value is -1.35. The highest BCUT2D eigenvalue weighted by Crippen LogP contribution is 2.28. The third-order valence-electron chi connectivity index (χ3n) is 3.67. The summed E-state index contributed by atoms with van der Waals surface area (Å²) in [6.45, 7) is 1.73. The molecular weight excluding hydrogens is 200 g/mol. The van der Waals surface area contributed by atoms with Crippen LogP contribution in [0.3, 0.4) is 0 Å². The normalized spacial score (nSPS) is 29.1. The maximum absolute atomic E-state index is 11.7. The maximum Gasteiger partial charge on any atom is 0.237 e. The first-order valence-corrected chi connectivity index (χ1v) is 5.92. The maximum atomic E-state index is 11.7. The summed E-state index contributed by atoms with van der Waals surface area (Å²) in [5.74, 6) is 0.213. The quantitative estimate of drug-likeness (QED) is 0.804. The second-order valence-corrected chi connectivity index (χ2v) is 4.65. The van der Waals surface area contributed by atoms with Crippen LogP contribution in [0.25, 0.3) is 0 Å². The van der Waals surface area contributed by atoms with Gasteiger partial charge in [0.1, 0.15) is 0 Å². The lowest BCUT2D eigenvalue weighted by atomic mass is 10.1. The Morgan fingerprint density at radius 3 is 2.88 bits per heavy atom. The summed E-state index contributed by atoms with van der Waals surface area (Å²) in [4.78, 5) is 14.1. The lowest BCUT2D eigenvalue weighted by Crippen LogP contribution is -2.54. The van der Waals surface area contributed by atoms with E-state index in [9.17, 15) is 4.79 Å². The van der Waals surface area contributed by atoms with Gasteiger partial charge in [-0.15, -0.1) is 0 Å². The molecule has 2 aliphatic rings. The van der Waals surface area contributed by atoms with E-state index in [4.69, 9.17) is 0 Å². The minimum atomic E-state index is 0.110. The highest BCUT2D eigenvalue weighted by Gasteiger charge is 2.41. The summed E-state index contributed by atoms with van der Waals surface area (Å²) in [6, 6.07) is 11.1. The van der Waals surface area contributed by atoms with Crippen LogP contribution in [0.15, 0.2) is 30.3 Å². The van der Waals surface area contributed by atoms with Crippen molar-refractivity contribution >= 4 is 5.91 Å². The Balaban J connectivity index is 1.78. The molecule has 2 saturated heterocycles. The molecule has 1 aromatic carbocycles. The molecule has 0 unspecified atom stereocenters. The van der Waals surface area contributed by atoms with E-state index in [1.807, 2.05) is 6.07 Å². The number of fused-ring (bicyclic) bond motifs is 2. The molecule has 2 bridgehead atoms. The smallest absolute Gasteiger partial charge is 0.237 e. The zero-order valence-corrected chi connectivity index (χ0v) is 9.23. The Bertz CT molecular complexity index is 390. The van der Waals surface area contributed by atoms with Gasteiger partial charge in [-0.1, -0.05) is 30.3 Å². The summed E-state index contributed by atoms with van der Waals surface area (Å²) in [7, 11) is 0. The van der Waals surface area contributed by atoms with Crippen molar-refractivity contribution in [2.75, 3.05) is 6.54 Å². The van der Waals surface area contributed by atoms with Gasteiger partial charge in [0.05, 0.1) is 6.04 Å². The second-order valence-electron chi connectivity index (χ2n) is 4.65. The van der Waals surface area contributed by atoms with Crippen molar-refractivity contribution in [2.45, 2.75) is 31.5 Å². The number of nitrogens with zero attached hydrogens (tertiary/aromatic N) is 1. The summed E-state index contributed by atoms with van der Waals surface area (Å²) < 4.78 is 0. The van der Waals surface area contributed by atoms with Gasteiger partial charge in [0.15, 0.2) is 0 Å². The van der Waals surface area contributed by atoms with Crippen molar-refractivity contribution in [3.8, 4) is 0 Å². The Morgan fingerprint density at radius 1 is 1.25 bits per heavy atom. The van der Waals surface area contributed by atoms with Crippen LogP contribution in [0.4, 0.5) is 0 Å². The van der Waals surface area contributed by atoms with Crippen LogP contribution >= 0.6 is 0 Å². The molecule has 3 nitrogen and oxygen atoms in total. The second kappa shape index (κ2) is 3.91. The fourth-order valence-electron chi connectivity index (χ4n) is 2.81. The molecule has 0 aromatic heterocycles. The van der Waals surface area contributed by atoms with Crippen molar-refractivity contribution in [1.29, 1.82) is 0 Å². The third kappa shape index (κ3) is 1.61. The van der Waals surface area contributed by atoms with E-state index in [0.29, 0.717) is 6.04 Å². The molecule has 0 aliphatic carbocycles. The summed E-state index contributed by atoms with van der Waals surface area (Å²) in [5, 5.41) is 2.98. The molecule has 0 radical (unpaired) electrons. The van der Waals surface area contributed by atoms with Crippen LogP contribution < -0.4 is 5.32 Å². The molecule has 2 fully saturated rings. The van der Waals surface area contributed by atoms with Crippen LogP contribution in [0.5, 0.6) is 0 Å². The number of carbonyl (C=O) groups is 1. The first-order valence-electron chi connectivity index (χ1n) is 5.92. The van der Waals surface area contributed by atoms with Gasteiger partial charge in [0, 0.05) is 19.1 Å². The van der Waals surface area contributed by atoms with Gasteiger partial charge in [-0.25, -0.2) is 0 Å². The fourth-order valence-corrected chi connectivity index (χ4v) is 2.81. The van der Waals surface area contributed by atoms with Gasteiger partial charge in [0.25, 0.3) is 0 Å². The largest absolute Gasteiger partial charge is 0.353 e. The number of carbonyl (C=O) groups excluding carboxylic acids is 1. The average Bonchev–Trinajstić information content (AvgIpc) is 2.60. The van der Waals surface area contributed by atoms with Crippen molar-refractivity contribution in [2.24, 2.45) is 0 Å². The molecule has 2 heterocycles. The van der Waals surface area contributed by atoms with Crippen LogP contribution in [0.2, 0.25) is 0 Å². The van der Waals surface area contributed by atoms with Gasteiger partial charge < -0.3 is 5.32 Å². The fraction of sp³-hybridized carbons (Fsp3) is 0.462. The van der Waals surface area contributed by atoms with E-state index in [-0.39, 0.29) is 11.9 Å². The molecule has 1 N–H and O–H groups in total. The molecule has 3 heteroatoms. The topological polar surface area (TPSA) is 32.3 Å². The van der Waals surface area contributed by atoms with Crippen LogP contribution in [0.1, 0.15) is 18.4 Å². The monoisotopic (exact) mass is 216 g/mol. The average molecular weight is 216 g/mol. The number of amides is 1. The van der Waals surface area contributed by atoms with E-state index in [0.717, 1.165) is 25.9 Å². The Kier molecular flexibility index (Phi) is 2.40. The Morgan fingerprint density at radius 2 is 2.06 bits per heavy atom. The molecule has 84 valence electrons. The molecule has 1 aromatic rings. The number of hydrogen-bond donors (Lipinski definition) is 1. The molecule has 2 atom stereocenters. The molecule has 0 spiro atoms. The molecular formula is C13H16N2O. The lowest BCUT2D eigenvalue weighted by molar-refractivity contribution is -0.128. The van der Waals surface area contributed by atoms with Crippen LogP contribution in [-0.2, 0) is 11.3 Å². The van der Waals surface area contributed by atoms with E-state index in [1.54, 1.807) is 0 Å². The Labute approximate surface area is 95.4 Å². The van der Waals surface area contributed by atoms with Crippen LogP contribution in [-0.4, -0.2) is 29.4 Å². The summed E-state index contributed by atoms with van der Waals surface area (Å²) in [6.07, 6.45) is 2.17. The van der Waals surface area contributed by atoms with E-state index in [1.165, 1.54) is 5.56 Å². The first kappa shape index (κ1) is 9.85. The zero-order valence-electron chi connectivity index (χ0n) is 9.23. The lowest BCUT2D eigenvalue weighted by Gasteiger charge is -2.34. The van der Waals surface area contributed by atoms with E-state index >= 15 is 0 Å². The van der Waals surface area contributed by atoms with Crippen LogP contribution in [0, 0.1) is 0 Å². The summed E-state index contributed by atoms with van der Waals surface area (Å²) in [5.41, 5.74) is 1.30. The third-order valence-corrected chi connectivity index (χ3v) is 3.67. The summed E-state index contributed by atoms with van der Waals surface area (Å²) >= 11 is 0. The van der Waals surface area contributed by atoms with Crippen molar-refractivity contribution in [3.63, 3.8) is 0 Å². The highest BCUT2D eigenvalue weighted by molar-refractivity contribution is 5.83. The minimum Gasteiger partial charge on any atom is -0.353 e. The zero-order chi connectivity index (χ0) is 11.0. The minimum absolute atomic E-state index is 0.110. The van der Waals surface area contributed by atoms with E-state index < -0.39 is 0 Å². The van der Waals surface area contributed by atoms with Gasteiger partial charge in [0.2, 0.25) is 5.91 Å². The number of piperazine rings is 1. The van der Waals surface area contributed by atoms with Crippen molar-refractivity contribution < 1.29 is 4.79 Å². The standard InChI is InChI=1S/C13H16N2O/c16-13-12-7-6-11(8-14-13)15(12)9-10-4-2-1-3-5-10/h1-5,11-12H,6-9H2,(H,14,16)/t11-,12+/m1/s1. The van der Waals surface area contributed by atoms with Crippen molar-refractivity contribution in [1.82, 2.24) is 10.2 Å². The highest BCUT2D eigenvalue weighted by atomic mass is 16.2. The number of rotatable bonds is 2. The SMILES string of the molecule is O=C1NC[C@H]2CC[C@@H]1N2Cc1ccccc1.